The molecule has 2 rings (SSSR count). The van der Waals surface area contributed by atoms with Crippen molar-refractivity contribution in [1.29, 1.82) is 0 Å². The van der Waals surface area contributed by atoms with Crippen LogP contribution in [0.15, 0.2) is 29.1 Å². The molecule has 0 spiro atoms. The Morgan fingerprint density at radius 1 is 1.43 bits per heavy atom. The van der Waals surface area contributed by atoms with E-state index in [1.807, 2.05) is 10.8 Å². The minimum Gasteiger partial charge on any atom is -0.355 e. The lowest BCUT2D eigenvalue weighted by Gasteiger charge is -2.11. The van der Waals surface area contributed by atoms with Gasteiger partial charge < -0.3 is 15.2 Å². The molecule has 7 heteroatoms. The number of aromatic nitrogens is 3. The first-order chi connectivity index (χ1) is 10.2. The van der Waals surface area contributed by atoms with Gasteiger partial charge in [-0.1, -0.05) is 13.8 Å². The molecule has 0 aromatic carbocycles. The summed E-state index contributed by atoms with van der Waals surface area (Å²) in [6.07, 6.45) is 5.53. The Labute approximate surface area is 129 Å². The van der Waals surface area contributed by atoms with Gasteiger partial charge in [-0.25, -0.2) is 9.97 Å². The number of imidazole rings is 1. The Hall–Kier alpha value is -1.89. The lowest BCUT2D eigenvalue weighted by Crippen LogP contribution is -2.38. The molecule has 0 unspecified atom stereocenters. The predicted octanol–water partition coefficient (Wildman–Crippen LogP) is 1.83. The van der Waals surface area contributed by atoms with E-state index in [1.165, 1.54) is 0 Å². The SMILES string of the molecule is CN=C(NCCn1ccnc1)NCc1nc(C(C)C)cs1. The van der Waals surface area contributed by atoms with Crippen molar-refractivity contribution in [2.75, 3.05) is 13.6 Å². The van der Waals surface area contributed by atoms with Crippen molar-refractivity contribution >= 4 is 17.3 Å². The van der Waals surface area contributed by atoms with Crippen LogP contribution >= 0.6 is 11.3 Å². The highest BCUT2D eigenvalue weighted by Gasteiger charge is 2.06. The van der Waals surface area contributed by atoms with Crippen molar-refractivity contribution in [3.05, 3.63) is 34.8 Å². The maximum atomic E-state index is 4.60. The maximum Gasteiger partial charge on any atom is 0.191 e. The molecule has 0 saturated carbocycles. The first-order valence-electron chi connectivity index (χ1n) is 7.03. The van der Waals surface area contributed by atoms with Crippen molar-refractivity contribution in [3.63, 3.8) is 0 Å². The fraction of sp³-hybridized carbons (Fsp3) is 0.500. The van der Waals surface area contributed by atoms with E-state index in [0.717, 1.165) is 29.8 Å². The monoisotopic (exact) mass is 306 g/mol. The Balaban J connectivity index is 1.74. The molecule has 2 aromatic heterocycles. The summed E-state index contributed by atoms with van der Waals surface area (Å²) in [6.45, 7) is 6.66. The van der Waals surface area contributed by atoms with Crippen LogP contribution in [-0.2, 0) is 13.1 Å². The molecule has 21 heavy (non-hydrogen) atoms. The third kappa shape index (κ3) is 4.86. The number of thiazole rings is 1. The van der Waals surface area contributed by atoms with Crippen LogP contribution in [-0.4, -0.2) is 34.1 Å². The molecule has 2 aromatic rings. The molecule has 2 N–H and O–H groups in total. The van der Waals surface area contributed by atoms with Crippen molar-refractivity contribution in [2.24, 2.45) is 4.99 Å². The normalized spacial score (nSPS) is 11.9. The zero-order chi connectivity index (χ0) is 15.1. The summed E-state index contributed by atoms with van der Waals surface area (Å²) in [5.41, 5.74) is 1.15. The van der Waals surface area contributed by atoms with Crippen molar-refractivity contribution < 1.29 is 0 Å². The van der Waals surface area contributed by atoms with E-state index in [0.29, 0.717) is 12.5 Å². The van der Waals surface area contributed by atoms with Crippen molar-refractivity contribution in [1.82, 2.24) is 25.2 Å². The number of aliphatic imine (C=N–C) groups is 1. The first-order valence-corrected chi connectivity index (χ1v) is 7.91. The second-order valence-corrected chi connectivity index (χ2v) is 5.92. The van der Waals surface area contributed by atoms with Crippen molar-refractivity contribution in [2.45, 2.75) is 32.9 Å². The lowest BCUT2D eigenvalue weighted by atomic mass is 10.2. The van der Waals surface area contributed by atoms with Gasteiger partial charge in [0.15, 0.2) is 5.96 Å². The standard InChI is InChI=1S/C14H22N6S/c1-11(2)12-9-21-13(19-12)8-18-14(15-3)17-5-7-20-6-4-16-10-20/h4,6,9-11H,5,7-8H2,1-3H3,(H2,15,17,18). The van der Waals surface area contributed by atoms with Crippen LogP contribution in [0.5, 0.6) is 0 Å². The molecular weight excluding hydrogens is 284 g/mol. The zero-order valence-corrected chi connectivity index (χ0v) is 13.5. The molecule has 0 aliphatic rings. The smallest absolute Gasteiger partial charge is 0.191 e. The number of guanidine groups is 1. The average molecular weight is 306 g/mol. The van der Waals surface area contributed by atoms with Crippen molar-refractivity contribution in [3.8, 4) is 0 Å². The second kappa shape index (κ2) is 7.78. The number of hydrogen-bond acceptors (Lipinski definition) is 4. The third-order valence-corrected chi connectivity index (χ3v) is 3.88. The van der Waals surface area contributed by atoms with Gasteiger partial charge in [-0.15, -0.1) is 11.3 Å². The molecule has 0 amide bonds. The molecule has 0 fully saturated rings. The lowest BCUT2D eigenvalue weighted by molar-refractivity contribution is 0.661. The van der Waals surface area contributed by atoms with E-state index in [-0.39, 0.29) is 0 Å². The van der Waals surface area contributed by atoms with Gasteiger partial charge >= 0.3 is 0 Å². The maximum absolute atomic E-state index is 4.60. The van der Waals surface area contributed by atoms with Crippen LogP contribution in [0.25, 0.3) is 0 Å². The van der Waals surface area contributed by atoms with Crippen LogP contribution in [0.4, 0.5) is 0 Å². The molecule has 2 heterocycles. The van der Waals surface area contributed by atoms with E-state index in [9.17, 15) is 0 Å². The highest BCUT2D eigenvalue weighted by atomic mass is 32.1. The molecule has 114 valence electrons. The van der Waals surface area contributed by atoms with E-state index < -0.39 is 0 Å². The number of nitrogens with one attached hydrogen (secondary N) is 2. The average Bonchev–Trinajstić information content (AvgIpc) is 3.13. The summed E-state index contributed by atoms with van der Waals surface area (Å²) in [5, 5.41) is 9.76. The Bertz CT molecular complexity index is 558. The molecule has 0 aliphatic heterocycles. The summed E-state index contributed by atoms with van der Waals surface area (Å²) >= 11 is 1.68. The third-order valence-electron chi connectivity index (χ3n) is 3.01. The molecule has 0 aliphatic carbocycles. The minimum atomic E-state index is 0.475. The van der Waals surface area contributed by atoms with Crippen LogP contribution in [0.3, 0.4) is 0 Å². The first kappa shape index (κ1) is 15.5. The van der Waals surface area contributed by atoms with Crippen LogP contribution in [0.1, 0.15) is 30.5 Å². The summed E-state index contributed by atoms with van der Waals surface area (Å²) in [4.78, 5) is 12.8. The summed E-state index contributed by atoms with van der Waals surface area (Å²) in [5.74, 6) is 1.26. The Morgan fingerprint density at radius 2 is 2.29 bits per heavy atom. The summed E-state index contributed by atoms with van der Waals surface area (Å²) in [7, 11) is 1.77. The zero-order valence-electron chi connectivity index (χ0n) is 12.7. The topological polar surface area (TPSA) is 67.1 Å². The quantitative estimate of drug-likeness (QED) is 0.631. The molecule has 0 atom stereocenters. The molecule has 0 radical (unpaired) electrons. The number of rotatable bonds is 6. The van der Waals surface area contributed by atoms with Crippen LogP contribution in [0, 0.1) is 0 Å². The van der Waals surface area contributed by atoms with Crippen LogP contribution < -0.4 is 10.6 Å². The van der Waals surface area contributed by atoms with Gasteiger partial charge in [0.1, 0.15) is 5.01 Å². The van der Waals surface area contributed by atoms with E-state index in [1.54, 1.807) is 30.9 Å². The predicted molar refractivity (Wildman–Crippen MR) is 86.6 cm³/mol. The molecule has 0 bridgehead atoms. The van der Waals surface area contributed by atoms with Crippen LogP contribution in [0.2, 0.25) is 0 Å². The van der Waals surface area contributed by atoms with Gasteiger partial charge in [0, 0.05) is 37.9 Å². The van der Waals surface area contributed by atoms with Gasteiger partial charge in [-0.05, 0) is 5.92 Å². The Kier molecular flexibility index (Phi) is 5.74. The van der Waals surface area contributed by atoms with Gasteiger partial charge in [-0.3, -0.25) is 4.99 Å². The molecule has 6 nitrogen and oxygen atoms in total. The van der Waals surface area contributed by atoms with Gasteiger partial charge in [0.05, 0.1) is 18.6 Å². The van der Waals surface area contributed by atoms with E-state index in [2.05, 4.69) is 44.8 Å². The highest BCUT2D eigenvalue weighted by Crippen LogP contribution is 2.17. The van der Waals surface area contributed by atoms with Gasteiger partial charge in [-0.2, -0.15) is 0 Å². The van der Waals surface area contributed by atoms with Gasteiger partial charge in [0.2, 0.25) is 0 Å². The Morgan fingerprint density at radius 3 is 2.90 bits per heavy atom. The van der Waals surface area contributed by atoms with E-state index >= 15 is 0 Å². The second-order valence-electron chi connectivity index (χ2n) is 4.97. The number of hydrogen-bond donors (Lipinski definition) is 2. The fourth-order valence-electron chi connectivity index (χ4n) is 1.77. The highest BCUT2D eigenvalue weighted by molar-refractivity contribution is 7.09. The number of nitrogens with zero attached hydrogens (tertiary/aromatic N) is 4. The molecular formula is C14H22N6S. The summed E-state index contributed by atoms with van der Waals surface area (Å²) in [6, 6.07) is 0. The minimum absolute atomic E-state index is 0.475. The van der Waals surface area contributed by atoms with Gasteiger partial charge in [0.25, 0.3) is 0 Å². The van der Waals surface area contributed by atoms with E-state index in [4.69, 9.17) is 0 Å². The largest absolute Gasteiger partial charge is 0.355 e. The summed E-state index contributed by atoms with van der Waals surface area (Å²) < 4.78 is 2.02. The fourth-order valence-corrected chi connectivity index (χ4v) is 2.67. The molecule has 0 saturated heterocycles.